The number of rotatable bonds is 9. The smallest absolute Gasteiger partial charge is 0.309 e. The maximum Gasteiger partial charge on any atom is 0.309 e. The van der Waals surface area contributed by atoms with Gasteiger partial charge in [-0.05, 0) is 132 Å². The van der Waals surface area contributed by atoms with E-state index in [-0.39, 0.29) is 51.1 Å². The molecule has 5 aliphatic carbocycles. The standard InChI is InChI=1S/C43H69N3O5/c1-27(2)28-15-20-43(32-25-34(47)46(45(32)12)24-23-44(10)11)22-21-41(8)29(36(28)43)13-14-31-40(7)18-17-33(51-35(48)26-38(3,4)37(49)50)39(5,6)30(40)16-19-42(31,41)9/h25,27,29-31,33H,13-24,26H2,1-12H3,(H,49,50)/t29-,30+,31-,33+,40+,41-,42?,43-/m1/s1. The molecule has 0 amide bonds. The summed E-state index contributed by atoms with van der Waals surface area (Å²) in [5, 5.41) is 9.62. The van der Waals surface area contributed by atoms with Crippen LogP contribution in [0.1, 0.15) is 139 Å². The average Bonchev–Trinajstić information content (AvgIpc) is 3.55. The van der Waals surface area contributed by atoms with Crippen LogP contribution in [0.15, 0.2) is 22.0 Å². The van der Waals surface area contributed by atoms with Crippen molar-refractivity contribution in [3.8, 4) is 0 Å². The minimum atomic E-state index is -1.14. The maximum absolute atomic E-state index is 13.5. The molecule has 0 saturated heterocycles. The summed E-state index contributed by atoms with van der Waals surface area (Å²) in [5.41, 5.74) is 3.82. The molecule has 6 rings (SSSR count). The van der Waals surface area contributed by atoms with E-state index < -0.39 is 11.4 Å². The number of carbonyl (C=O) groups is 2. The van der Waals surface area contributed by atoms with Crippen LogP contribution in [0.25, 0.3) is 0 Å². The molecule has 5 aliphatic rings. The summed E-state index contributed by atoms with van der Waals surface area (Å²) in [5.74, 6) is 0.659. The fraction of sp³-hybridized carbons (Fsp3) is 0.837. The van der Waals surface area contributed by atoms with Crippen LogP contribution in [0, 0.1) is 50.7 Å². The van der Waals surface area contributed by atoms with E-state index in [1.807, 2.05) is 10.7 Å². The lowest BCUT2D eigenvalue weighted by Crippen LogP contribution is -2.66. The molecular weight excluding hydrogens is 638 g/mol. The third-order valence-corrected chi connectivity index (χ3v) is 16.5. The van der Waals surface area contributed by atoms with Crippen molar-refractivity contribution in [1.82, 2.24) is 14.3 Å². The molecule has 0 radical (unpaired) electrons. The van der Waals surface area contributed by atoms with Gasteiger partial charge in [0.15, 0.2) is 0 Å². The van der Waals surface area contributed by atoms with Crippen molar-refractivity contribution in [3.63, 3.8) is 0 Å². The summed E-state index contributed by atoms with van der Waals surface area (Å²) in [6.45, 7) is 22.0. The van der Waals surface area contributed by atoms with Crippen molar-refractivity contribution in [2.75, 3.05) is 20.6 Å². The molecule has 4 saturated carbocycles. The molecule has 51 heavy (non-hydrogen) atoms. The van der Waals surface area contributed by atoms with Crippen LogP contribution in [0.4, 0.5) is 0 Å². The fourth-order valence-corrected chi connectivity index (χ4v) is 13.5. The molecule has 286 valence electrons. The zero-order valence-corrected chi connectivity index (χ0v) is 34.1. The molecule has 1 N–H and O–H groups in total. The lowest BCUT2D eigenvalue weighted by molar-refractivity contribution is -0.232. The number of carbonyl (C=O) groups excluding carboxylic acids is 1. The van der Waals surface area contributed by atoms with Gasteiger partial charge in [-0.2, -0.15) is 0 Å². The second-order valence-corrected chi connectivity index (χ2v) is 20.3. The Bertz CT molecular complexity index is 1650. The number of hydrogen-bond donors (Lipinski definition) is 1. The minimum Gasteiger partial charge on any atom is -0.481 e. The van der Waals surface area contributed by atoms with Crippen molar-refractivity contribution < 1.29 is 19.4 Å². The number of fused-ring (bicyclic) bond motifs is 7. The Kier molecular flexibility index (Phi) is 9.50. The van der Waals surface area contributed by atoms with Crippen LogP contribution in [-0.2, 0) is 33.3 Å². The van der Waals surface area contributed by atoms with Crippen LogP contribution in [0.3, 0.4) is 0 Å². The van der Waals surface area contributed by atoms with E-state index in [9.17, 15) is 19.5 Å². The number of aromatic nitrogens is 2. The normalized spacial score (nSPS) is 37.5. The topological polar surface area (TPSA) is 93.8 Å². The first-order valence-electron chi connectivity index (χ1n) is 20.1. The first-order valence-corrected chi connectivity index (χ1v) is 20.1. The number of carboxylic acid groups (broad SMARTS) is 1. The van der Waals surface area contributed by atoms with E-state index in [1.54, 1.807) is 25.0 Å². The van der Waals surface area contributed by atoms with Gasteiger partial charge in [-0.25, -0.2) is 4.68 Å². The van der Waals surface area contributed by atoms with Crippen LogP contribution in [-0.4, -0.2) is 58.1 Å². The SMILES string of the molecule is CC(C)C1=C2[C@H]3CC[C@H]4C(C)(CC[C@H]5C(C)(C)[C@@H](OC(=O)CC(C)(C)C(=O)O)CC[C@@]54C)[C@]3(C)CC[C@@]2(c2cc(=O)n(CCN(C)C)n2C)CC1. The van der Waals surface area contributed by atoms with E-state index in [0.717, 1.165) is 45.1 Å². The first kappa shape index (κ1) is 38.4. The van der Waals surface area contributed by atoms with Gasteiger partial charge in [0.05, 0.1) is 24.1 Å². The quantitative estimate of drug-likeness (QED) is 0.206. The van der Waals surface area contributed by atoms with Crippen molar-refractivity contribution in [2.45, 2.75) is 151 Å². The van der Waals surface area contributed by atoms with E-state index in [4.69, 9.17) is 4.74 Å². The first-order chi connectivity index (χ1) is 23.6. The Morgan fingerprint density at radius 3 is 2.27 bits per heavy atom. The Balaban J connectivity index is 1.32. The number of likely N-dealkylation sites (N-methyl/N-ethyl adjacent to an activating group) is 1. The summed E-state index contributed by atoms with van der Waals surface area (Å²) in [4.78, 5) is 40.6. The summed E-state index contributed by atoms with van der Waals surface area (Å²) < 4.78 is 10.4. The van der Waals surface area contributed by atoms with Gasteiger partial charge >= 0.3 is 11.9 Å². The highest BCUT2D eigenvalue weighted by Crippen LogP contribution is 2.77. The molecule has 0 bridgehead atoms. The molecule has 1 heterocycles. The van der Waals surface area contributed by atoms with Crippen LogP contribution < -0.4 is 5.56 Å². The van der Waals surface area contributed by atoms with Gasteiger partial charge in [0, 0.05) is 30.5 Å². The molecule has 0 aliphatic heterocycles. The molecule has 1 aromatic rings. The number of allylic oxidation sites excluding steroid dienone is 2. The average molecular weight is 708 g/mol. The summed E-state index contributed by atoms with van der Waals surface area (Å²) in [6.07, 6.45) is 10.8. The lowest BCUT2D eigenvalue weighted by Gasteiger charge is -2.72. The second kappa shape index (κ2) is 12.6. The Morgan fingerprint density at radius 2 is 1.65 bits per heavy atom. The summed E-state index contributed by atoms with van der Waals surface area (Å²) >= 11 is 0. The van der Waals surface area contributed by atoms with Crippen LogP contribution >= 0.6 is 0 Å². The minimum absolute atomic E-state index is 0.0650. The van der Waals surface area contributed by atoms with Gasteiger partial charge in [-0.1, -0.05) is 59.6 Å². The highest BCUT2D eigenvalue weighted by molar-refractivity contribution is 5.81. The van der Waals surface area contributed by atoms with Crippen LogP contribution in [0.2, 0.25) is 0 Å². The molecule has 1 aromatic heterocycles. The molecular formula is C43H69N3O5. The van der Waals surface area contributed by atoms with Crippen molar-refractivity contribution in [2.24, 2.45) is 57.8 Å². The van der Waals surface area contributed by atoms with Crippen LogP contribution in [0.5, 0.6) is 0 Å². The number of nitrogens with zero attached hydrogens (tertiary/aromatic N) is 3. The molecule has 1 unspecified atom stereocenters. The van der Waals surface area contributed by atoms with Gasteiger partial charge in [-0.15, -0.1) is 0 Å². The Morgan fingerprint density at radius 1 is 0.961 bits per heavy atom. The summed E-state index contributed by atoms with van der Waals surface area (Å²) in [7, 11) is 6.27. The predicted octanol–water partition coefficient (Wildman–Crippen LogP) is 8.21. The van der Waals surface area contributed by atoms with Gasteiger partial charge in [0.1, 0.15) is 6.10 Å². The zero-order chi connectivity index (χ0) is 37.7. The summed E-state index contributed by atoms with van der Waals surface area (Å²) in [6, 6.07) is 2.00. The van der Waals surface area contributed by atoms with Crippen molar-refractivity contribution in [1.29, 1.82) is 0 Å². The Labute approximate surface area is 307 Å². The largest absolute Gasteiger partial charge is 0.481 e. The van der Waals surface area contributed by atoms with Gasteiger partial charge in [-0.3, -0.25) is 19.1 Å². The van der Waals surface area contributed by atoms with E-state index in [2.05, 4.69) is 79.2 Å². The van der Waals surface area contributed by atoms with Crippen molar-refractivity contribution in [3.05, 3.63) is 33.3 Å². The monoisotopic (exact) mass is 708 g/mol. The van der Waals surface area contributed by atoms with E-state index >= 15 is 0 Å². The highest BCUT2D eigenvalue weighted by Gasteiger charge is 2.70. The Hall–Kier alpha value is -2.35. The number of aliphatic carboxylic acids is 1. The molecule has 8 heteroatoms. The number of hydrogen-bond acceptors (Lipinski definition) is 5. The lowest BCUT2D eigenvalue weighted by atomic mass is 9.33. The number of ether oxygens (including phenoxy) is 1. The third-order valence-electron chi connectivity index (χ3n) is 16.5. The van der Waals surface area contributed by atoms with Gasteiger partial charge < -0.3 is 14.7 Å². The molecule has 4 fully saturated rings. The van der Waals surface area contributed by atoms with Crippen molar-refractivity contribution >= 4 is 11.9 Å². The third kappa shape index (κ3) is 5.64. The highest BCUT2D eigenvalue weighted by atomic mass is 16.5. The number of carboxylic acids is 1. The number of esters is 1. The van der Waals surface area contributed by atoms with E-state index in [0.29, 0.717) is 30.2 Å². The maximum atomic E-state index is 13.5. The molecule has 8 nitrogen and oxygen atoms in total. The molecule has 0 spiro atoms. The zero-order valence-electron chi connectivity index (χ0n) is 34.1. The van der Waals surface area contributed by atoms with Gasteiger partial charge in [0.2, 0.25) is 0 Å². The fourth-order valence-electron chi connectivity index (χ4n) is 13.5. The van der Waals surface area contributed by atoms with E-state index in [1.165, 1.54) is 31.4 Å². The van der Waals surface area contributed by atoms with Gasteiger partial charge in [0.25, 0.3) is 5.56 Å². The molecule has 0 aromatic carbocycles. The predicted molar refractivity (Wildman–Crippen MR) is 202 cm³/mol. The molecule has 8 atom stereocenters. The second-order valence-electron chi connectivity index (χ2n) is 20.3.